The molecule has 7 nitrogen and oxygen atoms in total. The van der Waals surface area contributed by atoms with Crippen LogP contribution in [0.2, 0.25) is 0 Å². The summed E-state index contributed by atoms with van der Waals surface area (Å²) in [6.07, 6.45) is 3.42. The predicted molar refractivity (Wildman–Crippen MR) is 66.9 cm³/mol. The van der Waals surface area contributed by atoms with Gasteiger partial charge in [-0.15, -0.1) is 0 Å². The second-order valence-corrected chi connectivity index (χ2v) is 6.57. The van der Waals surface area contributed by atoms with Crippen LogP contribution >= 0.6 is 11.3 Å². The van der Waals surface area contributed by atoms with Crippen LogP contribution in [0.4, 0.5) is 5.13 Å². The van der Waals surface area contributed by atoms with Crippen LogP contribution in [0.25, 0.3) is 0 Å². The molecule has 96 valence electrons. The first-order chi connectivity index (χ1) is 8.65. The number of thiazole rings is 1. The van der Waals surface area contributed by atoms with E-state index in [0.29, 0.717) is 5.13 Å². The largest absolute Gasteiger partial charge is 0.334 e. The Morgan fingerprint density at radius 3 is 3.06 bits per heavy atom. The summed E-state index contributed by atoms with van der Waals surface area (Å²) in [5.41, 5.74) is 0.973. The minimum atomic E-state index is -3.61. The second kappa shape index (κ2) is 4.34. The van der Waals surface area contributed by atoms with Gasteiger partial charge in [0.25, 0.3) is 10.0 Å². The minimum absolute atomic E-state index is 0.0359. The first-order valence-electron chi connectivity index (χ1n) is 5.36. The molecule has 0 atom stereocenters. The van der Waals surface area contributed by atoms with Crippen molar-refractivity contribution in [3.63, 3.8) is 0 Å². The van der Waals surface area contributed by atoms with Crippen molar-refractivity contribution < 1.29 is 8.42 Å². The molecule has 0 unspecified atom stereocenters. The molecular formula is C9H11N5O2S2. The fourth-order valence-electron chi connectivity index (χ4n) is 1.73. The van der Waals surface area contributed by atoms with E-state index in [1.807, 2.05) is 0 Å². The van der Waals surface area contributed by atoms with E-state index in [4.69, 9.17) is 0 Å². The van der Waals surface area contributed by atoms with Crippen molar-refractivity contribution in [1.82, 2.24) is 20.3 Å². The summed E-state index contributed by atoms with van der Waals surface area (Å²) >= 11 is 1.36. The number of sulfonamides is 1. The third-order valence-corrected chi connectivity index (χ3v) is 4.99. The number of aromatic nitrogens is 3. The number of hydrogen-bond acceptors (Lipinski definition) is 6. The highest BCUT2D eigenvalue weighted by Crippen LogP contribution is 2.26. The maximum atomic E-state index is 11.9. The van der Waals surface area contributed by atoms with Gasteiger partial charge in [0.15, 0.2) is 10.2 Å². The zero-order valence-corrected chi connectivity index (χ0v) is 10.9. The molecule has 0 fully saturated rings. The van der Waals surface area contributed by atoms with Crippen molar-refractivity contribution in [2.45, 2.75) is 18.0 Å². The normalized spacial score (nSPS) is 15.3. The second-order valence-electron chi connectivity index (χ2n) is 3.84. The Hall–Kier alpha value is -1.45. The van der Waals surface area contributed by atoms with Gasteiger partial charge in [0.05, 0.1) is 18.2 Å². The van der Waals surface area contributed by atoms with E-state index in [2.05, 4.69) is 25.0 Å². The molecule has 0 amide bonds. The molecule has 0 saturated carbocycles. The van der Waals surface area contributed by atoms with Gasteiger partial charge in [0.2, 0.25) is 0 Å². The highest BCUT2D eigenvalue weighted by molar-refractivity contribution is 7.92. The van der Waals surface area contributed by atoms with E-state index in [-0.39, 0.29) is 5.03 Å². The van der Waals surface area contributed by atoms with E-state index in [9.17, 15) is 8.42 Å². The lowest BCUT2D eigenvalue weighted by Crippen LogP contribution is -2.22. The number of imidazole rings is 1. The van der Waals surface area contributed by atoms with Crippen molar-refractivity contribution in [3.8, 4) is 0 Å². The van der Waals surface area contributed by atoms with Crippen molar-refractivity contribution in [2.24, 2.45) is 0 Å². The Labute approximate surface area is 108 Å². The van der Waals surface area contributed by atoms with E-state index < -0.39 is 10.0 Å². The van der Waals surface area contributed by atoms with E-state index in [1.54, 1.807) is 0 Å². The number of fused-ring (bicyclic) bond motifs is 1. The van der Waals surface area contributed by atoms with Crippen LogP contribution in [0.1, 0.15) is 10.6 Å². The highest BCUT2D eigenvalue weighted by atomic mass is 32.2. The van der Waals surface area contributed by atoms with Crippen molar-refractivity contribution >= 4 is 26.5 Å². The molecule has 3 N–H and O–H groups in total. The highest BCUT2D eigenvalue weighted by Gasteiger charge is 2.20. The first kappa shape index (κ1) is 11.6. The Balaban J connectivity index is 1.87. The third kappa shape index (κ3) is 2.11. The molecule has 1 aliphatic heterocycles. The molecule has 0 aromatic carbocycles. The van der Waals surface area contributed by atoms with Crippen LogP contribution in [0.5, 0.6) is 0 Å². The lowest BCUT2D eigenvalue weighted by Gasteiger charge is -2.09. The molecular weight excluding hydrogens is 274 g/mol. The number of hydrogen-bond donors (Lipinski definition) is 3. The molecule has 0 saturated heterocycles. The lowest BCUT2D eigenvalue weighted by molar-refractivity contribution is 0.598. The van der Waals surface area contributed by atoms with Gasteiger partial charge in [-0.05, 0) is 0 Å². The van der Waals surface area contributed by atoms with E-state index in [0.717, 1.165) is 30.1 Å². The Bertz CT molecular complexity index is 623. The monoisotopic (exact) mass is 285 g/mol. The molecule has 9 heteroatoms. The molecule has 3 rings (SSSR count). The maximum absolute atomic E-state index is 11.9. The molecule has 0 aliphatic carbocycles. The number of rotatable bonds is 3. The zero-order chi connectivity index (χ0) is 12.6. The van der Waals surface area contributed by atoms with Gasteiger partial charge in [0.1, 0.15) is 0 Å². The van der Waals surface area contributed by atoms with Crippen molar-refractivity contribution in [2.75, 3.05) is 11.3 Å². The number of anilines is 1. The molecule has 3 heterocycles. The molecule has 2 aromatic rings. The third-order valence-electron chi connectivity index (χ3n) is 2.59. The summed E-state index contributed by atoms with van der Waals surface area (Å²) < 4.78 is 26.3. The summed E-state index contributed by atoms with van der Waals surface area (Å²) in [6, 6.07) is 0. The van der Waals surface area contributed by atoms with Gasteiger partial charge in [-0.25, -0.2) is 9.97 Å². The first-order valence-corrected chi connectivity index (χ1v) is 7.65. The molecule has 0 bridgehead atoms. The fraction of sp³-hybridized carbons (Fsp3) is 0.333. The number of nitrogens with zero attached hydrogens (tertiary/aromatic N) is 2. The molecule has 0 spiro atoms. The summed E-state index contributed by atoms with van der Waals surface area (Å²) in [4.78, 5) is 11.6. The van der Waals surface area contributed by atoms with Gasteiger partial charge in [-0.1, -0.05) is 11.3 Å². The Kier molecular flexibility index (Phi) is 2.80. The summed E-state index contributed by atoms with van der Waals surface area (Å²) in [5, 5.41) is 3.66. The Morgan fingerprint density at radius 2 is 2.33 bits per heavy atom. The predicted octanol–water partition coefficient (Wildman–Crippen LogP) is 0.313. The molecule has 1 aliphatic rings. The smallest absolute Gasteiger partial charge is 0.280 e. The molecule has 0 radical (unpaired) electrons. The zero-order valence-electron chi connectivity index (χ0n) is 9.30. The van der Waals surface area contributed by atoms with Gasteiger partial charge < -0.3 is 10.3 Å². The van der Waals surface area contributed by atoms with Gasteiger partial charge in [-0.2, -0.15) is 8.42 Å². The van der Waals surface area contributed by atoms with Crippen LogP contribution < -0.4 is 10.0 Å². The summed E-state index contributed by atoms with van der Waals surface area (Å²) in [7, 11) is -3.61. The standard InChI is InChI=1S/C9H11N5O2S2/c15-18(16,8-4-11-5-12-8)14-9-13-6-1-2-10-3-7(6)17-9/h4-5,10H,1-3H2,(H,11,12)(H,13,14). The molecule has 2 aromatic heterocycles. The minimum Gasteiger partial charge on any atom is -0.334 e. The van der Waals surface area contributed by atoms with Gasteiger partial charge in [0, 0.05) is 24.4 Å². The van der Waals surface area contributed by atoms with Crippen LogP contribution in [0.15, 0.2) is 17.6 Å². The van der Waals surface area contributed by atoms with Gasteiger partial charge >= 0.3 is 0 Å². The van der Waals surface area contributed by atoms with Crippen LogP contribution in [0.3, 0.4) is 0 Å². The number of nitrogens with one attached hydrogen (secondary N) is 3. The summed E-state index contributed by atoms with van der Waals surface area (Å²) in [6.45, 7) is 1.63. The summed E-state index contributed by atoms with van der Waals surface area (Å²) in [5.74, 6) is 0. The SMILES string of the molecule is O=S(=O)(Nc1nc2c(s1)CNCC2)c1cnc[nH]1. The maximum Gasteiger partial charge on any atom is 0.280 e. The van der Waals surface area contributed by atoms with Crippen molar-refractivity contribution in [3.05, 3.63) is 23.1 Å². The molecule has 18 heavy (non-hydrogen) atoms. The quantitative estimate of drug-likeness (QED) is 0.754. The lowest BCUT2D eigenvalue weighted by atomic mass is 10.2. The van der Waals surface area contributed by atoms with Crippen LogP contribution in [-0.4, -0.2) is 29.9 Å². The average Bonchev–Trinajstić information content (AvgIpc) is 2.96. The van der Waals surface area contributed by atoms with E-state index >= 15 is 0 Å². The van der Waals surface area contributed by atoms with E-state index in [1.165, 1.54) is 23.9 Å². The van der Waals surface area contributed by atoms with Crippen LogP contribution in [0, 0.1) is 0 Å². The number of aromatic amines is 1. The van der Waals surface area contributed by atoms with Gasteiger partial charge in [-0.3, -0.25) is 4.72 Å². The topological polar surface area (TPSA) is 99.8 Å². The fourth-order valence-corrected chi connectivity index (χ4v) is 3.85. The average molecular weight is 285 g/mol. The van der Waals surface area contributed by atoms with Crippen molar-refractivity contribution in [1.29, 1.82) is 0 Å². The van der Waals surface area contributed by atoms with Crippen LogP contribution in [-0.2, 0) is 23.0 Å². The Morgan fingerprint density at radius 1 is 1.44 bits per heavy atom. The number of H-pyrrole nitrogens is 1.